The fourth-order valence-electron chi connectivity index (χ4n) is 2.45. The smallest absolute Gasteiger partial charge is 0.279 e. The second kappa shape index (κ2) is 9.66. The van der Waals surface area contributed by atoms with E-state index in [1.54, 1.807) is 41.8 Å². The van der Waals surface area contributed by atoms with Gasteiger partial charge in [-0.05, 0) is 42.6 Å². The van der Waals surface area contributed by atoms with Crippen molar-refractivity contribution in [2.45, 2.75) is 13.0 Å². The predicted molar refractivity (Wildman–Crippen MR) is 111 cm³/mol. The van der Waals surface area contributed by atoms with E-state index in [2.05, 4.69) is 16.2 Å². The van der Waals surface area contributed by atoms with Crippen molar-refractivity contribution in [3.8, 4) is 5.75 Å². The third-order valence-corrected chi connectivity index (χ3v) is 4.84. The van der Waals surface area contributed by atoms with Crippen molar-refractivity contribution in [1.29, 1.82) is 0 Å². The van der Waals surface area contributed by atoms with Crippen LogP contribution in [0, 0.1) is 5.82 Å². The third kappa shape index (κ3) is 5.21. The van der Waals surface area contributed by atoms with Crippen molar-refractivity contribution in [1.82, 2.24) is 10.9 Å². The summed E-state index contributed by atoms with van der Waals surface area (Å²) >= 11 is 1.27. The molecular formula is C21H18FN3O4S. The quantitative estimate of drug-likeness (QED) is 0.526. The highest BCUT2D eigenvalue weighted by molar-refractivity contribution is 7.12. The van der Waals surface area contributed by atoms with E-state index in [4.69, 9.17) is 4.74 Å². The number of para-hydroxylation sites is 2. The topological polar surface area (TPSA) is 96.5 Å². The van der Waals surface area contributed by atoms with Gasteiger partial charge in [0.15, 0.2) is 17.7 Å². The molecule has 1 atom stereocenters. The highest BCUT2D eigenvalue weighted by Crippen LogP contribution is 2.18. The van der Waals surface area contributed by atoms with Gasteiger partial charge in [0.1, 0.15) is 0 Å². The highest BCUT2D eigenvalue weighted by Gasteiger charge is 2.19. The first-order valence-electron chi connectivity index (χ1n) is 8.91. The minimum absolute atomic E-state index is 0.0758. The van der Waals surface area contributed by atoms with Crippen LogP contribution in [0.4, 0.5) is 10.1 Å². The zero-order valence-corrected chi connectivity index (χ0v) is 16.7. The standard InChI is InChI=1S/C21H18FN3O4S/c1-13(29-17-10-5-3-8-15(17)22)19(26)24-25-20(27)14-7-2-4-9-16(14)23-21(28)18-11-6-12-30-18/h2-13H,1H3,(H,23,28)(H,24,26)(H,25,27)/t13-/m0/s1. The Morgan fingerprint density at radius 1 is 0.933 bits per heavy atom. The molecule has 0 radical (unpaired) electrons. The van der Waals surface area contributed by atoms with Gasteiger partial charge in [0.2, 0.25) is 0 Å². The van der Waals surface area contributed by atoms with Crippen molar-refractivity contribution in [2.24, 2.45) is 0 Å². The molecule has 3 amide bonds. The molecule has 0 saturated carbocycles. The molecule has 7 nitrogen and oxygen atoms in total. The summed E-state index contributed by atoms with van der Waals surface area (Å²) in [5, 5.41) is 4.45. The average Bonchev–Trinajstić information content (AvgIpc) is 3.29. The van der Waals surface area contributed by atoms with E-state index in [1.807, 2.05) is 0 Å². The van der Waals surface area contributed by atoms with Crippen LogP contribution in [0.2, 0.25) is 0 Å². The molecule has 0 unspecified atom stereocenters. The molecule has 154 valence electrons. The molecule has 0 aliphatic rings. The van der Waals surface area contributed by atoms with Crippen LogP contribution in [-0.4, -0.2) is 23.8 Å². The molecule has 1 aromatic heterocycles. The monoisotopic (exact) mass is 427 g/mol. The molecule has 0 saturated heterocycles. The van der Waals surface area contributed by atoms with Crippen LogP contribution in [0.5, 0.6) is 5.75 Å². The van der Waals surface area contributed by atoms with E-state index in [9.17, 15) is 18.8 Å². The van der Waals surface area contributed by atoms with Gasteiger partial charge in [0.25, 0.3) is 17.7 Å². The van der Waals surface area contributed by atoms with Crippen LogP contribution in [0.25, 0.3) is 0 Å². The molecule has 3 N–H and O–H groups in total. The Morgan fingerprint density at radius 3 is 2.40 bits per heavy atom. The molecule has 0 bridgehead atoms. The number of nitrogens with one attached hydrogen (secondary N) is 3. The zero-order chi connectivity index (χ0) is 21.5. The largest absolute Gasteiger partial charge is 0.478 e. The van der Waals surface area contributed by atoms with Crippen LogP contribution in [0.15, 0.2) is 66.0 Å². The van der Waals surface area contributed by atoms with Crippen LogP contribution in [0.1, 0.15) is 27.0 Å². The predicted octanol–water partition coefficient (Wildman–Crippen LogP) is 3.37. The lowest BCUT2D eigenvalue weighted by atomic mass is 10.1. The Kier molecular flexibility index (Phi) is 6.76. The van der Waals surface area contributed by atoms with E-state index in [0.717, 1.165) is 0 Å². The fourth-order valence-corrected chi connectivity index (χ4v) is 3.07. The molecule has 1 heterocycles. The maximum Gasteiger partial charge on any atom is 0.279 e. The fraction of sp³-hybridized carbons (Fsp3) is 0.0952. The van der Waals surface area contributed by atoms with Gasteiger partial charge in [-0.2, -0.15) is 0 Å². The molecule has 0 spiro atoms. The van der Waals surface area contributed by atoms with Crippen LogP contribution < -0.4 is 20.9 Å². The summed E-state index contributed by atoms with van der Waals surface area (Å²) in [4.78, 5) is 37.4. The Morgan fingerprint density at radius 2 is 1.67 bits per heavy atom. The number of hydrazine groups is 1. The van der Waals surface area contributed by atoms with Gasteiger partial charge in [-0.15, -0.1) is 11.3 Å². The lowest BCUT2D eigenvalue weighted by molar-refractivity contribution is -0.128. The van der Waals surface area contributed by atoms with Gasteiger partial charge in [-0.1, -0.05) is 30.3 Å². The van der Waals surface area contributed by atoms with Crippen LogP contribution in [-0.2, 0) is 4.79 Å². The van der Waals surface area contributed by atoms with Crippen LogP contribution in [0.3, 0.4) is 0 Å². The number of thiophene rings is 1. The lowest BCUT2D eigenvalue weighted by Gasteiger charge is -2.16. The van der Waals surface area contributed by atoms with E-state index in [-0.39, 0.29) is 17.2 Å². The minimum Gasteiger partial charge on any atom is -0.478 e. The third-order valence-electron chi connectivity index (χ3n) is 3.97. The van der Waals surface area contributed by atoms with E-state index >= 15 is 0 Å². The van der Waals surface area contributed by atoms with Gasteiger partial charge < -0.3 is 10.1 Å². The van der Waals surface area contributed by atoms with E-state index in [1.165, 1.54) is 42.5 Å². The molecule has 2 aromatic carbocycles. The van der Waals surface area contributed by atoms with Crippen molar-refractivity contribution in [3.63, 3.8) is 0 Å². The summed E-state index contributed by atoms with van der Waals surface area (Å²) in [6, 6.07) is 15.5. The molecule has 3 rings (SSSR count). The lowest BCUT2D eigenvalue weighted by Crippen LogP contribution is -2.47. The Bertz CT molecular complexity index is 1060. The Balaban J connectivity index is 1.60. The minimum atomic E-state index is -1.06. The van der Waals surface area contributed by atoms with Gasteiger partial charge in [-0.25, -0.2) is 4.39 Å². The second-order valence-electron chi connectivity index (χ2n) is 6.11. The molecule has 0 aliphatic heterocycles. The Hall–Kier alpha value is -3.72. The number of halogens is 1. The van der Waals surface area contributed by atoms with Gasteiger partial charge in [0, 0.05) is 0 Å². The number of carbonyl (C=O) groups is 3. The van der Waals surface area contributed by atoms with Gasteiger partial charge >= 0.3 is 0 Å². The van der Waals surface area contributed by atoms with Crippen molar-refractivity contribution in [3.05, 3.63) is 82.3 Å². The second-order valence-corrected chi connectivity index (χ2v) is 7.06. The molecule has 3 aromatic rings. The normalized spacial score (nSPS) is 11.3. The van der Waals surface area contributed by atoms with Gasteiger partial charge in [0.05, 0.1) is 16.1 Å². The number of hydrogen-bond donors (Lipinski definition) is 3. The highest BCUT2D eigenvalue weighted by atomic mass is 32.1. The summed E-state index contributed by atoms with van der Waals surface area (Å²) in [6.45, 7) is 1.42. The maximum atomic E-state index is 13.6. The molecule has 0 aliphatic carbocycles. The number of anilines is 1. The molecule has 0 fully saturated rings. The van der Waals surface area contributed by atoms with Gasteiger partial charge in [-0.3, -0.25) is 25.2 Å². The summed E-state index contributed by atoms with van der Waals surface area (Å²) in [5.74, 6) is -2.33. The van der Waals surface area contributed by atoms with Crippen molar-refractivity contribution in [2.75, 3.05) is 5.32 Å². The number of amides is 3. The average molecular weight is 427 g/mol. The first-order valence-corrected chi connectivity index (χ1v) is 9.79. The zero-order valence-electron chi connectivity index (χ0n) is 15.8. The number of ether oxygens (including phenoxy) is 1. The summed E-state index contributed by atoms with van der Waals surface area (Å²) < 4.78 is 18.9. The summed E-state index contributed by atoms with van der Waals surface area (Å²) in [5.41, 5.74) is 4.95. The first kappa shape index (κ1) is 21.0. The van der Waals surface area contributed by atoms with E-state index in [0.29, 0.717) is 10.6 Å². The first-order chi connectivity index (χ1) is 14.5. The number of hydrogen-bond acceptors (Lipinski definition) is 5. The van der Waals surface area contributed by atoms with Crippen molar-refractivity contribution >= 4 is 34.7 Å². The van der Waals surface area contributed by atoms with E-state index < -0.39 is 23.7 Å². The summed E-state index contributed by atoms with van der Waals surface area (Å²) in [6.07, 6.45) is -1.06. The SMILES string of the molecule is C[C@H](Oc1ccccc1F)C(=O)NNC(=O)c1ccccc1NC(=O)c1cccs1. The summed E-state index contributed by atoms with van der Waals surface area (Å²) in [7, 11) is 0. The molecule has 9 heteroatoms. The Labute approximate surface area is 175 Å². The maximum absolute atomic E-state index is 13.6. The molecular weight excluding hydrogens is 409 g/mol. The number of carbonyl (C=O) groups excluding carboxylic acids is 3. The number of benzene rings is 2. The molecule has 30 heavy (non-hydrogen) atoms. The number of rotatable bonds is 6. The van der Waals surface area contributed by atoms with Crippen molar-refractivity contribution < 1.29 is 23.5 Å². The van der Waals surface area contributed by atoms with Crippen LogP contribution >= 0.6 is 11.3 Å².